The van der Waals surface area contributed by atoms with E-state index in [0.29, 0.717) is 40.1 Å². The van der Waals surface area contributed by atoms with E-state index in [1.165, 1.54) is 0 Å². The third kappa shape index (κ3) is 3.57. The zero-order valence-corrected chi connectivity index (χ0v) is 15.5. The van der Waals surface area contributed by atoms with Gasteiger partial charge in [-0.1, -0.05) is 37.6 Å². The predicted octanol–water partition coefficient (Wildman–Crippen LogP) is 3.42. The van der Waals surface area contributed by atoms with Gasteiger partial charge in [0, 0.05) is 16.6 Å². The zero-order chi connectivity index (χ0) is 19.4. The summed E-state index contributed by atoms with van der Waals surface area (Å²) in [4.78, 5) is 25.5. The van der Waals surface area contributed by atoms with E-state index in [2.05, 4.69) is 12.3 Å². The van der Waals surface area contributed by atoms with Crippen molar-refractivity contribution in [3.05, 3.63) is 65.4 Å². The first-order chi connectivity index (χ1) is 13.1. The van der Waals surface area contributed by atoms with Crippen LogP contribution in [0.1, 0.15) is 46.2 Å². The van der Waals surface area contributed by atoms with E-state index in [1.807, 2.05) is 24.3 Å². The summed E-state index contributed by atoms with van der Waals surface area (Å²) in [5.41, 5.74) is 4.26. The van der Waals surface area contributed by atoms with E-state index in [-0.39, 0.29) is 5.91 Å². The molecule has 0 aliphatic carbocycles. The number of hydrogen-bond acceptors (Lipinski definition) is 4. The summed E-state index contributed by atoms with van der Waals surface area (Å²) in [6.45, 7) is 4.45. The van der Waals surface area contributed by atoms with Crippen molar-refractivity contribution in [2.45, 2.75) is 26.7 Å². The van der Waals surface area contributed by atoms with E-state index in [1.54, 1.807) is 35.8 Å². The van der Waals surface area contributed by atoms with Crippen molar-refractivity contribution in [2.24, 2.45) is 5.84 Å². The van der Waals surface area contributed by atoms with Gasteiger partial charge in [-0.3, -0.25) is 19.6 Å². The Bertz CT molecular complexity index is 992. The number of ether oxygens (including phenoxy) is 1. The van der Waals surface area contributed by atoms with Crippen molar-refractivity contribution >= 4 is 22.7 Å². The van der Waals surface area contributed by atoms with Gasteiger partial charge in [-0.25, -0.2) is 5.84 Å². The molecule has 1 heterocycles. The average molecular weight is 365 g/mol. The van der Waals surface area contributed by atoms with Crippen LogP contribution >= 0.6 is 0 Å². The molecular weight excluding hydrogens is 342 g/mol. The minimum absolute atomic E-state index is 0.222. The molecule has 27 heavy (non-hydrogen) atoms. The number of amides is 1. The van der Waals surface area contributed by atoms with Crippen LogP contribution in [-0.2, 0) is 0 Å². The van der Waals surface area contributed by atoms with Gasteiger partial charge in [-0.2, -0.15) is 0 Å². The molecule has 6 nitrogen and oxygen atoms in total. The van der Waals surface area contributed by atoms with E-state index in [4.69, 9.17) is 10.6 Å². The van der Waals surface area contributed by atoms with E-state index in [0.717, 1.165) is 12.8 Å². The van der Waals surface area contributed by atoms with Crippen LogP contribution in [-0.4, -0.2) is 23.0 Å². The second-order valence-corrected chi connectivity index (χ2v) is 6.32. The van der Waals surface area contributed by atoms with E-state index >= 15 is 0 Å². The summed E-state index contributed by atoms with van der Waals surface area (Å²) in [6, 6.07) is 14.4. The Balaban J connectivity index is 2.05. The summed E-state index contributed by atoms with van der Waals surface area (Å²) >= 11 is 0. The number of nitrogens with one attached hydrogen (secondary N) is 1. The Morgan fingerprint density at radius 2 is 1.93 bits per heavy atom. The van der Waals surface area contributed by atoms with Crippen LogP contribution in [0.3, 0.4) is 0 Å². The van der Waals surface area contributed by atoms with Crippen molar-refractivity contribution < 1.29 is 14.3 Å². The van der Waals surface area contributed by atoms with Crippen LogP contribution < -0.4 is 16.0 Å². The molecular formula is C21H23N3O3. The van der Waals surface area contributed by atoms with Crippen molar-refractivity contribution in [2.75, 3.05) is 6.61 Å². The number of nitrogens with two attached hydrogens (primary N) is 1. The second kappa shape index (κ2) is 8.05. The minimum atomic E-state index is -0.424. The predicted molar refractivity (Wildman–Crippen MR) is 105 cm³/mol. The van der Waals surface area contributed by atoms with Crippen LogP contribution in [0.2, 0.25) is 0 Å². The number of hydrogen-bond donors (Lipinski definition) is 2. The lowest BCUT2D eigenvalue weighted by atomic mass is 10.1. The molecule has 140 valence electrons. The normalized spacial score (nSPS) is 10.8. The third-order valence-corrected chi connectivity index (χ3v) is 4.52. The number of fused-ring (bicyclic) bond motifs is 1. The molecule has 3 aromatic rings. The van der Waals surface area contributed by atoms with E-state index in [9.17, 15) is 9.59 Å². The lowest BCUT2D eigenvalue weighted by Crippen LogP contribution is -2.30. The number of unbranched alkanes of at least 4 members (excludes halogenated alkanes) is 1. The van der Waals surface area contributed by atoms with Gasteiger partial charge in [0.15, 0.2) is 0 Å². The van der Waals surface area contributed by atoms with Crippen LogP contribution in [0.4, 0.5) is 0 Å². The molecule has 0 fully saturated rings. The fraction of sp³-hybridized carbons (Fsp3) is 0.238. The fourth-order valence-electron chi connectivity index (χ4n) is 3.17. The highest BCUT2D eigenvalue weighted by Gasteiger charge is 2.23. The summed E-state index contributed by atoms with van der Waals surface area (Å²) in [5, 5.41) is 0.682. The van der Waals surface area contributed by atoms with Crippen LogP contribution in [0, 0.1) is 6.92 Å². The molecule has 0 unspecified atom stereocenters. The van der Waals surface area contributed by atoms with Crippen LogP contribution in [0.25, 0.3) is 10.9 Å². The number of nitrogens with zero attached hydrogens (tertiary/aromatic N) is 1. The number of hydrazine groups is 1. The number of nitrogen functional groups attached to an aromatic ring is 1. The highest BCUT2D eigenvalue weighted by molar-refractivity contribution is 6.12. The van der Waals surface area contributed by atoms with Gasteiger partial charge in [0.2, 0.25) is 0 Å². The molecule has 0 atom stereocenters. The second-order valence-electron chi connectivity index (χ2n) is 6.32. The molecule has 0 saturated heterocycles. The molecule has 6 heteroatoms. The summed E-state index contributed by atoms with van der Waals surface area (Å²) in [5.74, 6) is 5.34. The van der Waals surface area contributed by atoms with Crippen molar-refractivity contribution in [3.8, 4) is 5.75 Å². The summed E-state index contributed by atoms with van der Waals surface area (Å²) in [6.07, 6.45) is 2.00. The highest BCUT2D eigenvalue weighted by Crippen LogP contribution is 2.27. The van der Waals surface area contributed by atoms with Crippen molar-refractivity contribution in [3.63, 3.8) is 0 Å². The van der Waals surface area contributed by atoms with Crippen LogP contribution in [0.15, 0.2) is 48.5 Å². The van der Waals surface area contributed by atoms with Gasteiger partial charge in [0.25, 0.3) is 11.8 Å². The summed E-state index contributed by atoms with van der Waals surface area (Å²) in [7, 11) is 0. The first-order valence-electron chi connectivity index (χ1n) is 8.97. The first kappa shape index (κ1) is 18.7. The molecule has 0 aliphatic heterocycles. The molecule has 1 amide bonds. The molecule has 3 N–H and O–H groups in total. The number of carbonyl (C=O) groups is 2. The standard InChI is InChI=1S/C21H23N3O3/c1-3-4-12-27-16-9-7-8-15(13-16)21(26)24-14(2)19(20(25)23-22)17-10-5-6-11-18(17)24/h5-11,13H,3-4,12,22H2,1-2H3,(H,23,25). The number of para-hydroxylation sites is 1. The third-order valence-electron chi connectivity index (χ3n) is 4.52. The Hall–Kier alpha value is -3.12. The molecule has 0 aliphatic rings. The average Bonchev–Trinajstić information content (AvgIpc) is 2.99. The Labute approximate surface area is 157 Å². The quantitative estimate of drug-likeness (QED) is 0.303. The molecule has 0 bridgehead atoms. The molecule has 3 rings (SSSR count). The smallest absolute Gasteiger partial charge is 0.267 e. The topological polar surface area (TPSA) is 86.3 Å². The maximum absolute atomic E-state index is 13.2. The number of carbonyl (C=O) groups excluding carboxylic acids is 2. The highest BCUT2D eigenvalue weighted by atomic mass is 16.5. The maximum Gasteiger partial charge on any atom is 0.267 e. The lowest BCUT2D eigenvalue weighted by Gasteiger charge is -2.10. The molecule has 0 saturated carbocycles. The molecule has 0 radical (unpaired) electrons. The van der Waals surface area contributed by atoms with Gasteiger partial charge >= 0.3 is 0 Å². The van der Waals surface area contributed by atoms with Gasteiger partial charge in [-0.05, 0) is 37.6 Å². The first-order valence-corrected chi connectivity index (χ1v) is 8.97. The maximum atomic E-state index is 13.2. The number of aromatic nitrogens is 1. The van der Waals surface area contributed by atoms with Crippen molar-refractivity contribution in [1.29, 1.82) is 0 Å². The van der Waals surface area contributed by atoms with Gasteiger partial charge in [0.05, 0.1) is 17.7 Å². The molecule has 2 aromatic carbocycles. The Morgan fingerprint density at radius 1 is 1.15 bits per heavy atom. The van der Waals surface area contributed by atoms with Crippen LogP contribution in [0.5, 0.6) is 5.75 Å². The Kier molecular flexibility index (Phi) is 5.57. The monoisotopic (exact) mass is 365 g/mol. The zero-order valence-electron chi connectivity index (χ0n) is 15.5. The largest absolute Gasteiger partial charge is 0.494 e. The Morgan fingerprint density at radius 3 is 2.67 bits per heavy atom. The molecule has 0 spiro atoms. The van der Waals surface area contributed by atoms with Gasteiger partial charge in [-0.15, -0.1) is 0 Å². The van der Waals surface area contributed by atoms with E-state index < -0.39 is 5.91 Å². The summed E-state index contributed by atoms with van der Waals surface area (Å²) < 4.78 is 7.26. The minimum Gasteiger partial charge on any atom is -0.494 e. The lowest BCUT2D eigenvalue weighted by molar-refractivity contribution is 0.0953. The fourth-order valence-corrected chi connectivity index (χ4v) is 3.17. The number of rotatable bonds is 6. The van der Waals surface area contributed by atoms with Gasteiger partial charge in [0.1, 0.15) is 5.75 Å². The van der Waals surface area contributed by atoms with Crippen molar-refractivity contribution in [1.82, 2.24) is 9.99 Å². The SMILES string of the molecule is CCCCOc1cccc(C(=O)n2c(C)c(C(=O)NN)c3ccccc32)c1. The number of benzene rings is 2. The van der Waals surface area contributed by atoms with Gasteiger partial charge < -0.3 is 4.74 Å². The molecule has 1 aromatic heterocycles.